The Morgan fingerprint density at radius 2 is 0.405 bits per heavy atom. The van der Waals surface area contributed by atoms with E-state index >= 15 is 0 Å². The molecule has 0 aliphatic carbocycles. The van der Waals surface area contributed by atoms with Crippen LogP contribution in [0.5, 0.6) is 0 Å². The molecule has 0 bridgehead atoms. The third kappa shape index (κ3) is 8.20. The molecule has 0 amide bonds. The Kier molecular flexibility index (Phi) is 12.5. The maximum Gasteiger partial charge on any atom is -0.00259 e. The Labute approximate surface area is 490 Å². The lowest BCUT2D eigenvalue weighted by molar-refractivity contribution is 1.49. The summed E-state index contributed by atoms with van der Waals surface area (Å²) >= 11 is 0. The van der Waals surface area contributed by atoms with E-state index in [0.717, 1.165) is 0 Å². The molecule has 0 spiro atoms. The van der Waals surface area contributed by atoms with Crippen LogP contribution in [0.15, 0.2) is 279 Å². The Balaban J connectivity index is 0.00000297. The lowest BCUT2D eigenvalue weighted by atomic mass is 9.81. The summed E-state index contributed by atoms with van der Waals surface area (Å²) in [4.78, 5) is 0. The quantitative estimate of drug-likeness (QED) is 0.146. The fraction of sp³-hybridized carbons (Fsp3) is 0.0476. The van der Waals surface area contributed by atoms with Gasteiger partial charge in [-0.05, 0) is 224 Å². The fourth-order valence-electron chi connectivity index (χ4n) is 13.9. The smallest absolute Gasteiger partial charge is 0.00259 e. The van der Waals surface area contributed by atoms with E-state index in [-0.39, 0.29) is 0 Å². The summed E-state index contributed by atoms with van der Waals surface area (Å²) in [6, 6.07) is 105. The first-order valence-electron chi connectivity index (χ1n) is 29.7. The van der Waals surface area contributed by atoms with Gasteiger partial charge >= 0.3 is 0 Å². The van der Waals surface area contributed by atoms with Gasteiger partial charge in [0.15, 0.2) is 0 Å². The van der Waals surface area contributed by atoms with Crippen LogP contribution in [0, 0.1) is 0 Å². The normalized spacial score (nSPS) is 12.2. The van der Waals surface area contributed by atoms with Crippen LogP contribution in [0.2, 0.25) is 0 Å². The molecule has 0 heterocycles. The van der Waals surface area contributed by atoms with Gasteiger partial charge < -0.3 is 0 Å². The van der Waals surface area contributed by atoms with E-state index in [1.807, 2.05) is 13.8 Å². The zero-order chi connectivity index (χ0) is 56.4. The summed E-state index contributed by atoms with van der Waals surface area (Å²) in [5, 5.41) is 24.7. The number of rotatable bonds is 6. The van der Waals surface area contributed by atoms with Crippen molar-refractivity contribution in [2.75, 3.05) is 0 Å². The molecule has 16 aromatic rings. The van der Waals surface area contributed by atoms with Gasteiger partial charge in [0.2, 0.25) is 0 Å². The molecule has 0 radical (unpaired) electrons. The Morgan fingerprint density at radius 1 is 0.179 bits per heavy atom. The second kappa shape index (κ2) is 20.9. The van der Waals surface area contributed by atoms with Crippen LogP contribution >= 0.6 is 0 Å². The highest BCUT2D eigenvalue weighted by Crippen LogP contribution is 2.51. The van der Waals surface area contributed by atoms with Crippen molar-refractivity contribution in [1.82, 2.24) is 0 Å². The number of hydrogen-bond donors (Lipinski definition) is 0. The van der Waals surface area contributed by atoms with Crippen molar-refractivity contribution in [3.8, 4) is 66.8 Å². The number of fused-ring (bicyclic) bond motifs is 9. The highest BCUT2D eigenvalue weighted by molar-refractivity contribution is 6.27. The monoisotopic (exact) mass is 1070 g/mol. The summed E-state index contributed by atoms with van der Waals surface area (Å²) in [7, 11) is 0. The van der Waals surface area contributed by atoms with E-state index in [2.05, 4.69) is 305 Å². The van der Waals surface area contributed by atoms with E-state index in [4.69, 9.17) is 0 Å². The van der Waals surface area contributed by atoms with Gasteiger partial charge in [-0.1, -0.05) is 269 Å². The summed E-state index contributed by atoms with van der Waals surface area (Å²) in [6.45, 7) is 8.26. The van der Waals surface area contributed by atoms with Crippen molar-refractivity contribution in [2.24, 2.45) is 0 Å². The largest absolute Gasteiger partial charge is 0.0798 e. The summed E-state index contributed by atoms with van der Waals surface area (Å²) < 4.78 is 0. The number of hydrogen-bond acceptors (Lipinski definition) is 0. The standard InChI is InChI=1S/C82H54.C2H6/c1-3-51-33-37-59(45-52(51)4-2)77-65-25-11-15-29-69(65)79(70-30-16-12-26-66(70)77)63-41-43-73-75(49-63)81(61-39-35-54-20-6-9-23-57(54)47-61)74-44-42-64(50-76(74)82(73)62-40-36-55-21-7-10-24-58(55)48-62)80-71-31-17-13-27-67(71)78(68-28-14-18-32-72(68)80)60-38-34-53-19-5-8-22-56(53)46-60;1-2/h3-50H,1-2H3;1-2H3/b51-3-,52-4-;. The van der Waals surface area contributed by atoms with E-state index < -0.39 is 0 Å². The molecule has 396 valence electrons. The average Bonchev–Trinajstić information content (AvgIpc) is 0.970. The molecular formula is C84H60. The fourth-order valence-corrected chi connectivity index (χ4v) is 13.9. The molecule has 0 heteroatoms. The molecule has 0 unspecified atom stereocenters. The van der Waals surface area contributed by atoms with Gasteiger partial charge in [-0.2, -0.15) is 0 Å². The van der Waals surface area contributed by atoms with E-state index in [1.165, 1.54) is 174 Å². The molecule has 0 nitrogen and oxygen atoms in total. The van der Waals surface area contributed by atoms with Gasteiger partial charge in [0.1, 0.15) is 0 Å². The molecule has 0 aromatic heterocycles. The molecule has 0 atom stereocenters. The minimum atomic E-state index is 1.19. The third-order valence-corrected chi connectivity index (χ3v) is 17.7. The zero-order valence-corrected chi connectivity index (χ0v) is 47.7. The first-order valence-corrected chi connectivity index (χ1v) is 29.7. The van der Waals surface area contributed by atoms with Gasteiger partial charge in [-0.15, -0.1) is 0 Å². The molecular weight excluding hydrogens is 1010 g/mol. The van der Waals surface area contributed by atoms with E-state index in [0.29, 0.717) is 0 Å². The molecule has 0 N–H and O–H groups in total. The van der Waals surface area contributed by atoms with Crippen molar-refractivity contribution < 1.29 is 0 Å². The van der Waals surface area contributed by atoms with Crippen molar-refractivity contribution >= 4 is 109 Å². The van der Waals surface area contributed by atoms with Gasteiger partial charge in [0.05, 0.1) is 0 Å². The minimum absolute atomic E-state index is 1.19. The topological polar surface area (TPSA) is 0 Å². The summed E-state index contributed by atoms with van der Waals surface area (Å²) in [5.74, 6) is 0. The second-order valence-electron chi connectivity index (χ2n) is 22.1. The minimum Gasteiger partial charge on any atom is -0.0798 e. The molecule has 84 heavy (non-hydrogen) atoms. The molecule has 16 aromatic carbocycles. The summed E-state index contributed by atoms with van der Waals surface area (Å²) in [6.07, 6.45) is 4.43. The van der Waals surface area contributed by atoms with Crippen molar-refractivity contribution in [3.05, 3.63) is 289 Å². The van der Waals surface area contributed by atoms with Crippen LogP contribution in [-0.4, -0.2) is 0 Å². The lowest BCUT2D eigenvalue weighted by Crippen LogP contribution is -2.23. The van der Waals surface area contributed by atoms with Gasteiger partial charge in [0, 0.05) is 0 Å². The SMILES string of the molecule is C/C=c1/ccc(-c2c3ccccc3c(-c3ccc4c(-c5ccc6ccccc6c5)c5cc(-c6c7ccccc7c(-c7ccc8ccccc8c7)c7ccccc67)ccc5c(-c5ccc6ccccc6c5)c4c3)c3ccccc23)c/c1=C/C.CC. The third-order valence-electron chi connectivity index (χ3n) is 17.7. The maximum atomic E-state index is 2.52. The van der Waals surface area contributed by atoms with Crippen LogP contribution in [0.1, 0.15) is 27.7 Å². The molecule has 0 saturated carbocycles. The molecule has 0 aliphatic heterocycles. The Hall–Kier alpha value is -10.4. The molecule has 16 rings (SSSR count). The van der Waals surface area contributed by atoms with Crippen molar-refractivity contribution in [1.29, 1.82) is 0 Å². The average molecular weight is 1070 g/mol. The second-order valence-corrected chi connectivity index (χ2v) is 22.1. The maximum absolute atomic E-state index is 2.52. The molecule has 0 aliphatic rings. The van der Waals surface area contributed by atoms with Crippen LogP contribution in [0.25, 0.3) is 176 Å². The molecule has 0 fully saturated rings. The Bertz CT molecular complexity index is 5370. The number of benzene rings is 16. The molecule has 0 saturated heterocycles. The van der Waals surface area contributed by atoms with Gasteiger partial charge in [-0.25, -0.2) is 0 Å². The highest BCUT2D eigenvalue weighted by atomic mass is 14.3. The van der Waals surface area contributed by atoms with Crippen molar-refractivity contribution in [2.45, 2.75) is 27.7 Å². The predicted molar refractivity (Wildman–Crippen MR) is 367 cm³/mol. The van der Waals surface area contributed by atoms with Gasteiger partial charge in [0.25, 0.3) is 0 Å². The van der Waals surface area contributed by atoms with Crippen molar-refractivity contribution in [3.63, 3.8) is 0 Å². The first kappa shape index (κ1) is 50.6. The van der Waals surface area contributed by atoms with E-state index in [1.54, 1.807) is 0 Å². The summed E-state index contributed by atoms with van der Waals surface area (Å²) in [5.41, 5.74) is 14.7. The first-order chi connectivity index (χ1) is 41.6. The van der Waals surface area contributed by atoms with Crippen LogP contribution in [0.4, 0.5) is 0 Å². The van der Waals surface area contributed by atoms with Crippen LogP contribution in [0.3, 0.4) is 0 Å². The van der Waals surface area contributed by atoms with Crippen LogP contribution in [-0.2, 0) is 0 Å². The van der Waals surface area contributed by atoms with E-state index in [9.17, 15) is 0 Å². The zero-order valence-electron chi connectivity index (χ0n) is 47.7. The lowest BCUT2D eigenvalue weighted by Gasteiger charge is -2.22. The van der Waals surface area contributed by atoms with Gasteiger partial charge in [-0.3, -0.25) is 0 Å². The Morgan fingerprint density at radius 3 is 0.714 bits per heavy atom. The highest BCUT2D eigenvalue weighted by Gasteiger charge is 2.24. The predicted octanol–water partition coefficient (Wildman–Crippen LogP) is 22.7. The van der Waals surface area contributed by atoms with Crippen LogP contribution < -0.4 is 10.4 Å².